The monoisotopic (exact) mass is 328 g/mol. The van der Waals surface area contributed by atoms with Crippen molar-refractivity contribution in [3.05, 3.63) is 70.7 Å². The Bertz CT molecular complexity index is 651. The third-order valence-corrected chi connectivity index (χ3v) is 4.70. The summed E-state index contributed by atoms with van der Waals surface area (Å²) in [5.41, 5.74) is 1.97. The Hall–Kier alpha value is -1.84. The van der Waals surface area contributed by atoms with Crippen molar-refractivity contribution in [3.63, 3.8) is 0 Å². The second kappa shape index (κ2) is 7.62. The summed E-state index contributed by atoms with van der Waals surface area (Å²) >= 11 is 6.20. The quantitative estimate of drug-likeness (QED) is 0.859. The molecule has 2 aromatic rings. The van der Waals surface area contributed by atoms with E-state index < -0.39 is 0 Å². The second-order valence-electron chi connectivity index (χ2n) is 5.84. The van der Waals surface area contributed by atoms with Gasteiger partial charge in [-0.1, -0.05) is 48.0 Å². The minimum Gasteiger partial charge on any atom is -0.336 e. The van der Waals surface area contributed by atoms with Crippen molar-refractivity contribution < 1.29 is 4.79 Å². The summed E-state index contributed by atoms with van der Waals surface area (Å²) in [5.74, 6) is 0.136. The normalized spacial score (nSPS) is 15.6. The number of nitrogens with zero attached hydrogens (tertiary/aromatic N) is 2. The van der Waals surface area contributed by atoms with Crippen LogP contribution in [0, 0.1) is 0 Å². The van der Waals surface area contributed by atoms with Crippen LogP contribution >= 0.6 is 11.6 Å². The maximum absolute atomic E-state index is 12.4. The van der Waals surface area contributed by atoms with Crippen molar-refractivity contribution in [2.24, 2.45) is 0 Å². The minimum absolute atomic E-state index is 0.136. The molecule has 1 amide bonds. The van der Waals surface area contributed by atoms with Crippen molar-refractivity contribution in [2.75, 3.05) is 32.7 Å². The fourth-order valence-corrected chi connectivity index (χ4v) is 3.15. The molecule has 0 aliphatic carbocycles. The molecule has 2 aromatic carbocycles. The fraction of sp³-hybridized carbons (Fsp3) is 0.316. The Morgan fingerprint density at radius 1 is 0.913 bits per heavy atom. The van der Waals surface area contributed by atoms with Crippen molar-refractivity contribution in [3.8, 4) is 0 Å². The zero-order valence-corrected chi connectivity index (χ0v) is 13.9. The first-order chi connectivity index (χ1) is 11.2. The Labute approximate surface area is 142 Å². The number of benzene rings is 2. The lowest BCUT2D eigenvalue weighted by Gasteiger charge is -2.34. The first kappa shape index (κ1) is 16.0. The molecule has 0 bridgehead atoms. The molecular formula is C19H21ClN2O. The van der Waals surface area contributed by atoms with Crippen LogP contribution in [-0.4, -0.2) is 48.4 Å². The first-order valence-electron chi connectivity index (χ1n) is 8.04. The molecule has 3 rings (SSSR count). The van der Waals surface area contributed by atoms with Gasteiger partial charge in [0.15, 0.2) is 0 Å². The number of halogens is 1. The molecule has 0 N–H and O–H groups in total. The molecule has 0 spiro atoms. The van der Waals surface area contributed by atoms with E-state index in [4.69, 9.17) is 11.6 Å². The van der Waals surface area contributed by atoms with Gasteiger partial charge in [-0.3, -0.25) is 9.69 Å². The summed E-state index contributed by atoms with van der Waals surface area (Å²) in [6.07, 6.45) is 0.951. The molecule has 0 radical (unpaired) electrons. The predicted octanol–water partition coefficient (Wildman–Crippen LogP) is 3.34. The lowest BCUT2D eigenvalue weighted by Crippen LogP contribution is -2.49. The molecule has 23 heavy (non-hydrogen) atoms. The number of rotatable bonds is 4. The standard InChI is InChI=1S/C19H21ClN2O/c20-18-9-5-4-6-16(18)10-11-21-12-14-22(15-13-21)19(23)17-7-2-1-3-8-17/h1-9H,10-15H2. The summed E-state index contributed by atoms with van der Waals surface area (Å²) in [5, 5.41) is 0.838. The largest absolute Gasteiger partial charge is 0.336 e. The molecule has 0 saturated carbocycles. The number of hydrogen-bond donors (Lipinski definition) is 0. The van der Waals surface area contributed by atoms with Gasteiger partial charge in [-0.15, -0.1) is 0 Å². The van der Waals surface area contributed by atoms with Gasteiger partial charge in [0.25, 0.3) is 5.91 Å². The van der Waals surface area contributed by atoms with Gasteiger partial charge >= 0.3 is 0 Å². The van der Waals surface area contributed by atoms with Crippen molar-refractivity contribution in [1.29, 1.82) is 0 Å². The summed E-state index contributed by atoms with van der Waals surface area (Å²) in [6, 6.07) is 17.5. The molecule has 1 heterocycles. The second-order valence-corrected chi connectivity index (χ2v) is 6.25. The van der Waals surface area contributed by atoms with Gasteiger partial charge in [0, 0.05) is 43.3 Å². The Morgan fingerprint density at radius 2 is 1.57 bits per heavy atom. The highest BCUT2D eigenvalue weighted by atomic mass is 35.5. The van der Waals surface area contributed by atoms with Crippen molar-refractivity contribution in [2.45, 2.75) is 6.42 Å². The Kier molecular flexibility index (Phi) is 5.31. The minimum atomic E-state index is 0.136. The molecule has 1 saturated heterocycles. The number of piperazine rings is 1. The first-order valence-corrected chi connectivity index (χ1v) is 8.42. The summed E-state index contributed by atoms with van der Waals surface area (Å²) in [7, 11) is 0. The lowest BCUT2D eigenvalue weighted by atomic mass is 10.1. The fourth-order valence-electron chi connectivity index (χ4n) is 2.92. The molecule has 0 unspecified atom stereocenters. The van der Waals surface area contributed by atoms with E-state index in [1.54, 1.807) is 0 Å². The van der Waals surface area contributed by atoms with Crippen LogP contribution in [0.15, 0.2) is 54.6 Å². The average molecular weight is 329 g/mol. The molecule has 0 atom stereocenters. The van der Waals surface area contributed by atoms with Crippen LogP contribution in [-0.2, 0) is 6.42 Å². The Balaban J connectivity index is 1.49. The number of hydrogen-bond acceptors (Lipinski definition) is 2. The van der Waals surface area contributed by atoms with E-state index in [2.05, 4.69) is 11.0 Å². The molecule has 1 aliphatic rings. The predicted molar refractivity (Wildman–Crippen MR) is 93.9 cm³/mol. The molecule has 1 aliphatic heterocycles. The van der Waals surface area contributed by atoms with E-state index >= 15 is 0 Å². The highest BCUT2D eigenvalue weighted by Gasteiger charge is 2.21. The maximum atomic E-state index is 12.4. The van der Waals surface area contributed by atoms with Gasteiger partial charge in [0.1, 0.15) is 0 Å². The van der Waals surface area contributed by atoms with Gasteiger partial charge in [-0.2, -0.15) is 0 Å². The van der Waals surface area contributed by atoms with Gasteiger partial charge < -0.3 is 4.90 Å². The third-order valence-electron chi connectivity index (χ3n) is 4.34. The lowest BCUT2D eigenvalue weighted by molar-refractivity contribution is 0.0638. The van der Waals surface area contributed by atoms with Gasteiger partial charge in [0.2, 0.25) is 0 Å². The molecule has 1 fully saturated rings. The van der Waals surface area contributed by atoms with Crippen LogP contribution < -0.4 is 0 Å². The van der Waals surface area contributed by atoms with Crippen molar-refractivity contribution in [1.82, 2.24) is 9.80 Å². The summed E-state index contributed by atoms with van der Waals surface area (Å²) in [6.45, 7) is 4.40. The SMILES string of the molecule is O=C(c1ccccc1)N1CCN(CCc2ccccc2Cl)CC1. The van der Waals surface area contributed by atoms with E-state index in [9.17, 15) is 4.79 Å². The van der Waals surface area contributed by atoms with Gasteiger partial charge in [-0.05, 0) is 30.2 Å². The van der Waals surface area contributed by atoms with Gasteiger partial charge in [-0.25, -0.2) is 0 Å². The molecule has 3 nitrogen and oxygen atoms in total. The van der Waals surface area contributed by atoms with E-state index in [1.165, 1.54) is 5.56 Å². The maximum Gasteiger partial charge on any atom is 0.253 e. The van der Waals surface area contributed by atoms with E-state index in [0.29, 0.717) is 0 Å². The summed E-state index contributed by atoms with van der Waals surface area (Å²) in [4.78, 5) is 16.8. The number of amides is 1. The van der Waals surface area contributed by atoms with Crippen LogP contribution in [0.5, 0.6) is 0 Å². The van der Waals surface area contributed by atoms with E-state index in [1.807, 2.05) is 53.4 Å². The highest BCUT2D eigenvalue weighted by molar-refractivity contribution is 6.31. The summed E-state index contributed by atoms with van der Waals surface area (Å²) < 4.78 is 0. The number of carbonyl (C=O) groups is 1. The van der Waals surface area contributed by atoms with Crippen LogP contribution in [0.25, 0.3) is 0 Å². The van der Waals surface area contributed by atoms with Crippen LogP contribution in [0.3, 0.4) is 0 Å². The zero-order valence-electron chi connectivity index (χ0n) is 13.1. The molecule has 0 aromatic heterocycles. The zero-order chi connectivity index (χ0) is 16.1. The average Bonchev–Trinajstić information content (AvgIpc) is 2.62. The van der Waals surface area contributed by atoms with Gasteiger partial charge in [0.05, 0.1) is 0 Å². The molecule has 4 heteroatoms. The van der Waals surface area contributed by atoms with Crippen LogP contribution in [0.1, 0.15) is 15.9 Å². The molecular weight excluding hydrogens is 308 g/mol. The third kappa shape index (κ3) is 4.12. The topological polar surface area (TPSA) is 23.6 Å². The van der Waals surface area contributed by atoms with Crippen molar-refractivity contribution >= 4 is 17.5 Å². The smallest absolute Gasteiger partial charge is 0.253 e. The number of carbonyl (C=O) groups excluding carboxylic acids is 1. The van der Waals surface area contributed by atoms with E-state index in [-0.39, 0.29) is 5.91 Å². The highest BCUT2D eigenvalue weighted by Crippen LogP contribution is 2.16. The van der Waals surface area contributed by atoms with Crippen LogP contribution in [0.2, 0.25) is 5.02 Å². The molecule has 120 valence electrons. The van der Waals surface area contributed by atoms with Crippen LogP contribution in [0.4, 0.5) is 0 Å². The Morgan fingerprint density at radius 3 is 2.26 bits per heavy atom. The van der Waals surface area contributed by atoms with E-state index in [0.717, 1.165) is 49.7 Å².